The molecule has 3 nitrogen and oxygen atoms in total. The molecule has 11 rings (SSSR count). The maximum absolute atomic E-state index is 4.52. The summed E-state index contributed by atoms with van der Waals surface area (Å²) in [6.45, 7) is 18.3. The molecule has 0 aliphatic carbocycles. The molecule has 376 valence electrons. The zero-order valence-corrected chi connectivity index (χ0v) is 45.9. The number of thiophene rings is 1. The van der Waals surface area contributed by atoms with Crippen LogP contribution in [0.3, 0.4) is 0 Å². The van der Waals surface area contributed by atoms with Crippen molar-refractivity contribution in [2.24, 2.45) is 0 Å². The first kappa shape index (κ1) is 50.1. The maximum atomic E-state index is 4.52. The molecule has 0 spiro atoms. The fraction of sp³-hybridized carbons (Fsp3) is 0.257. The molecule has 3 heterocycles. The molecule has 0 radical (unpaired) electrons. The Hall–Kier alpha value is -7.08. The van der Waals surface area contributed by atoms with Crippen LogP contribution in [-0.4, -0.2) is 6.71 Å². The van der Waals surface area contributed by atoms with Gasteiger partial charge in [-0.1, -0.05) is 176 Å². The molecule has 0 saturated carbocycles. The minimum atomic E-state index is -0.0143. The van der Waals surface area contributed by atoms with Crippen molar-refractivity contribution in [3.63, 3.8) is 0 Å². The molecule has 0 amide bonds. The summed E-state index contributed by atoms with van der Waals surface area (Å²) in [4.78, 5) is 7.76. The average molecular weight is 998 g/mol. The highest BCUT2D eigenvalue weighted by Gasteiger charge is 2.46. The molecule has 0 N–H and O–H groups in total. The molecule has 0 saturated heterocycles. The number of aryl methyl sites for hydroxylation is 3. The number of nitrogens with zero attached hydrogens (tertiary/aromatic N) is 3. The van der Waals surface area contributed by atoms with Crippen molar-refractivity contribution in [3.8, 4) is 11.1 Å². The Morgan fingerprint density at radius 1 is 0.587 bits per heavy atom. The number of benzene rings is 8. The second-order valence-electron chi connectivity index (χ2n) is 21.2. The first-order valence-corrected chi connectivity index (χ1v) is 29.0. The highest BCUT2D eigenvalue weighted by Crippen LogP contribution is 2.53. The van der Waals surface area contributed by atoms with Gasteiger partial charge in [-0.15, -0.1) is 11.3 Å². The number of unbranched alkanes of at least 4 members (excludes halogenated alkanes) is 2. The lowest BCUT2D eigenvalue weighted by Gasteiger charge is -2.44. The van der Waals surface area contributed by atoms with E-state index in [2.05, 4.69) is 239 Å². The predicted octanol–water partition coefficient (Wildman–Crippen LogP) is 19.2. The first-order valence-electron chi connectivity index (χ1n) is 28.2. The van der Waals surface area contributed by atoms with Crippen LogP contribution in [0.25, 0.3) is 26.8 Å². The van der Waals surface area contributed by atoms with Crippen LogP contribution in [0, 0.1) is 6.92 Å². The van der Waals surface area contributed by atoms with Crippen LogP contribution >= 0.6 is 11.3 Å². The van der Waals surface area contributed by atoms with Crippen LogP contribution in [0.15, 0.2) is 183 Å². The zero-order chi connectivity index (χ0) is 51.6. The third-order valence-electron chi connectivity index (χ3n) is 16.1. The van der Waals surface area contributed by atoms with Crippen LogP contribution in [0.2, 0.25) is 0 Å². The lowest BCUT2D eigenvalue weighted by molar-refractivity contribution is 0.596. The fourth-order valence-corrected chi connectivity index (χ4v) is 13.6. The Kier molecular flexibility index (Phi) is 14.7. The molecule has 5 heteroatoms. The number of para-hydroxylation sites is 2. The van der Waals surface area contributed by atoms with Crippen molar-refractivity contribution >= 4 is 101 Å². The van der Waals surface area contributed by atoms with Gasteiger partial charge in [0.2, 0.25) is 0 Å². The van der Waals surface area contributed by atoms with Gasteiger partial charge in [0, 0.05) is 44.4 Å². The Labute approximate surface area is 452 Å². The highest BCUT2D eigenvalue weighted by molar-refractivity contribution is 7.26. The van der Waals surface area contributed by atoms with Crippen molar-refractivity contribution in [2.45, 2.75) is 118 Å². The molecule has 8 aromatic carbocycles. The molecule has 2 aliphatic rings. The van der Waals surface area contributed by atoms with Gasteiger partial charge in [-0.25, -0.2) is 0 Å². The monoisotopic (exact) mass is 998 g/mol. The van der Waals surface area contributed by atoms with Gasteiger partial charge in [0.05, 0.1) is 16.4 Å². The minimum Gasteiger partial charge on any atom is -0.311 e. The lowest BCUT2D eigenvalue weighted by atomic mass is 9.33. The van der Waals surface area contributed by atoms with Crippen LogP contribution < -0.4 is 31.1 Å². The highest BCUT2D eigenvalue weighted by atomic mass is 32.1. The van der Waals surface area contributed by atoms with Crippen molar-refractivity contribution < 1.29 is 0 Å². The second-order valence-corrected chi connectivity index (χ2v) is 22.2. The van der Waals surface area contributed by atoms with E-state index < -0.39 is 0 Å². The number of fused-ring (bicyclic) bond motifs is 6. The van der Waals surface area contributed by atoms with Crippen LogP contribution in [0.5, 0.6) is 0 Å². The quantitative estimate of drug-likeness (QED) is 0.0748. The SMILES string of the molecule is C=C(CCC)c1ccc(N2c3ccc(C)cc3B3c4c2cc(N(c2ccccc2)c2ccccc2)cc4N(c2ccc(CCCC)cc2-c2ccc(C(CC)CCC)cc2)c2sc4cccc(CCCC)c4c23)cc1. The molecule has 1 aromatic heterocycles. The standard InChI is InChI=1S/C70H72BN3S/c1-8-13-24-50-33-43-62(60(45-50)54-36-34-53(35-37-54)51(12-5)23-11-4)74-65-47-59(72(56-27-17-15-18-28-56)57-29-19-16-20-30-57)46-64-68(65)71(69-67-55(25-14-9-2)26-21-31-66(67)75-70(69)74)61-44-48(6)32-42-63(61)73(64)58-40-38-52(39-41-58)49(7)22-10-3/h15-21,26-47,51H,7-14,22-25H2,1-6H3. The van der Waals surface area contributed by atoms with E-state index in [4.69, 9.17) is 0 Å². The molecule has 1 atom stereocenters. The summed E-state index contributed by atoms with van der Waals surface area (Å²) < 4.78 is 1.36. The summed E-state index contributed by atoms with van der Waals surface area (Å²) in [5, 5.41) is 2.75. The van der Waals surface area contributed by atoms with Crippen LogP contribution in [-0.2, 0) is 12.8 Å². The summed E-state index contributed by atoms with van der Waals surface area (Å²) >= 11 is 1.98. The van der Waals surface area contributed by atoms with E-state index in [1.165, 1.54) is 112 Å². The van der Waals surface area contributed by atoms with E-state index >= 15 is 0 Å². The van der Waals surface area contributed by atoms with E-state index in [1.807, 2.05) is 11.3 Å². The van der Waals surface area contributed by atoms with Gasteiger partial charge >= 0.3 is 0 Å². The van der Waals surface area contributed by atoms with Gasteiger partial charge in [0.25, 0.3) is 6.71 Å². The largest absolute Gasteiger partial charge is 0.311 e. The number of hydrogen-bond donors (Lipinski definition) is 0. The van der Waals surface area contributed by atoms with Crippen LogP contribution in [0.1, 0.15) is 126 Å². The lowest BCUT2D eigenvalue weighted by Crippen LogP contribution is -2.61. The van der Waals surface area contributed by atoms with Crippen molar-refractivity contribution in [3.05, 3.63) is 210 Å². The third kappa shape index (κ3) is 9.43. The number of anilines is 9. The summed E-state index contributed by atoms with van der Waals surface area (Å²) in [5.74, 6) is 0.564. The number of hydrogen-bond acceptors (Lipinski definition) is 4. The fourth-order valence-electron chi connectivity index (χ4n) is 12.3. The van der Waals surface area contributed by atoms with Gasteiger partial charge in [-0.3, -0.25) is 0 Å². The second kappa shape index (κ2) is 22.0. The molecule has 9 aromatic rings. The summed E-state index contributed by atoms with van der Waals surface area (Å²) in [5.41, 5.74) is 24.0. The predicted molar refractivity (Wildman–Crippen MR) is 330 cm³/mol. The molecule has 1 unspecified atom stereocenters. The van der Waals surface area contributed by atoms with E-state index in [-0.39, 0.29) is 6.71 Å². The Bertz CT molecular complexity index is 3430. The van der Waals surface area contributed by atoms with Gasteiger partial charge in [0.15, 0.2) is 0 Å². The zero-order valence-electron chi connectivity index (χ0n) is 45.1. The summed E-state index contributed by atoms with van der Waals surface area (Å²) in [6.07, 6.45) is 12.3. The molecule has 75 heavy (non-hydrogen) atoms. The topological polar surface area (TPSA) is 9.72 Å². The maximum Gasteiger partial charge on any atom is 0.254 e. The van der Waals surface area contributed by atoms with Crippen molar-refractivity contribution in [2.75, 3.05) is 14.7 Å². The van der Waals surface area contributed by atoms with Crippen LogP contribution in [0.4, 0.5) is 50.5 Å². The van der Waals surface area contributed by atoms with E-state index in [0.29, 0.717) is 5.92 Å². The molecular formula is C70H72BN3S. The first-order chi connectivity index (χ1) is 36.8. The Morgan fingerprint density at radius 2 is 1.27 bits per heavy atom. The Balaban J connectivity index is 1.26. The van der Waals surface area contributed by atoms with E-state index in [9.17, 15) is 0 Å². The van der Waals surface area contributed by atoms with E-state index in [0.717, 1.165) is 80.5 Å². The minimum absolute atomic E-state index is 0.0143. The average Bonchev–Trinajstić information content (AvgIpc) is 3.96. The summed E-state index contributed by atoms with van der Waals surface area (Å²) in [6, 6.07) is 67.7. The third-order valence-corrected chi connectivity index (χ3v) is 17.2. The molecular weight excluding hydrogens is 926 g/mol. The molecule has 0 fully saturated rings. The van der Waals surface area contributed by atoms with Gasteiger partial charge < -0.3 is 14.7 Å². The van der Waals surface area contributed by atoms with Gasteiger partial charge in [-0.05, 0) is 186 Å². The Morgan fingerprint density at radius 3 is 1.93 bits per heavy atom. The normalized spacial score (nSPS) is 12.9. The van der Waals surface area contributed by atoms with Crippen molar-refractivity contribution in [1.82, 2.24) is 0 Å². The van der Waals surface area contributed by atoms with Crippen molar-refractivity contribution in [1.29, 1.82) is 0 Å². The van der Waals surface area contributed by atoms with E-state index in [1.54, 1.807) is 0 Å². The summed E-state index contributed by atoms with van der Waals surface area (Å²) in [7, 11) is 0. The number of rotatable bonds is 19. The van der Waals surface area contributed by atoms with Gasteiger partial charge in [-0.2, -0.15) is 0 Å². The molecule has 2 aliphatic heterocycles. The smallest absolute Gasteiger partial charge is 0.254 e. The number of allylic oxidation sites excluding steroid dienone is 1. The van der Waals surface area contributed by atoms with Gasteiger partial charge in [0.1, 0.15) is 0 Å². The molecule has 0 bridgehead atoms.